The van der Waals surface area contributed by atoms with E-state index in [0.717, 1.165) is 30.5 Å². The number of hydrogen-bond donors (Lipinski definition) is 1. The number of rotatable bonds is 6. The van der Waals surface area contributed by atoms with Crippen LogP contribution in [0.3, 0.4) is 0 Å². The van der Waals surface area contributed by atoms with Crippen LogP contribution in [0.2, 0.25) is 0 Å². The predicted octanol–water partition coefficient (Wildman–Crippen LogP) is 2.38. The molecule has 0 aliphatic rings. The minimum absolute atomic E-state index is 0.590. The van der Waals surface area contributed by atoms with Crippen molar-refractivity contribution >= 4 is 11.3 Å². The van der Waals surface area contributed by atoms with Gasteiger partial charge in [-0.25, -0.2) is 9.97 Å². The zero-order chi connectivity index (χ0) is 13.0. The largest absolute Gasteiger partial charge is 0.335 e. The third kappa shape index (κ3) is 3.65. The molecule has 0 aliphatic carbocycles. The summed E-state index contributed by atoms with van der Waals surface area (Å²) < 4.78 is 2.20. The summed E-state index contributed by atoms with van der Waals surface area (Å²) in [6.45, 7) is 9.27. The fourth-order valence-electron chi connectivity index (χ4n) is 1.93. The number of aryl methyl sites for hydroxylation is 2. The van der Waals surface area contributed by atoms with E-state index in [4.69, 9.17) is 0 Å². The highest BCUT2D eigenvalue weighted by molar-refractivity contribution is 7.11. The molecular weight excluding hydrogens is 244 g/mol. The van der Waals surface area contributed by atoms with Crippen LogP contribution in [0.1, 0.15) is 22.6 Å². The van der Waals surface area contributed by atoms with E-state index < -0.39 is 0 Å². The second-order valence-electron chi connectivity index (χ2n) is 4.71. The van der Waals surface area contributed by atoms with Gasteiger partial charge in [0.2, 0.25) is 0 Å². The Kier molecular flexibility index (Phi) is 4.49. The van der Waals surface area contributed by atoms with Gasteiger partial charge in [0.05, 0.1) is 5.01 Å². The Bertz CT molecular complexity index is 489. The molecule has 0 saturated heterocycles. The topological polar surface area (TPSA) is 42.7 Å². The maximum absolute atomic E-state index is 4.25. The molecule has 98 valence electrons. The van der Waals surface area contributed by atoms with Crippen molar-refractivity contribution in [3.05, 3.63) is 34.3 Å². The van der Waals surface area contributed by atoms with Crippen LogP contribution < -0.4 is 5.32 Å². The number of nitrogens with zero attached hydrogens (tertiary/aromatic N) is 3. The second-order valence-corrected chi connectivity index (χ2v) is 6.03. The molecule has 0 amide bonds. The van der Waals surface area contributed by atoms with Crippen LogP contribution in [0.4, 0.5) is 0 Å². The van der Waals surface area contributed by atoms with Crippen molar-refractivity contribution in [2.75, 3.05) is 6.54 Å². The van der Waals surface area contributed by atoms with Crippen molar-refractivity contribution in [3.8, 4) is 0 Å². The van der Waals surface area contributed by atoms with E-state index in [0.29, 0.717) is 5.92 Å². The highest BCUT2D eigenvalue weighted by atomic mass is 32.1. The van der Waals surface area contributed by atoms with Crippen molar-refractivity contribution in [1.82, 2.24) is 19.9 Å². The molecule has 2 heterocycles. The number of imidazole rings is 1. The molecule has 18 heavy (non-hydrogen) atoms. The van der Waals surface area contributed by atoms with E-state index in [1.54, 1.807) is 11.3 Å². The zero-order valence-electron chi connectivity index (χ0n) is 11.2. The molecule has 1 unspecified atom stereocenters. The van der Waals surface area contributed by atoms with Gasteiger partial charge in [-0.05, 0) is 26.3 Å². The van der Waals surface area contributed by atoms with Gasteiger partial charge < -0.3 is 9.88 Å². The molecule has 1 atom stereocenters. The Labute approximate surface area is 112 Å². The summed E-state index contributed by atoms with van der Waals surface area (Å²) >= 11 is 1.76. The number of aromatic nitrogens is 3. The standard InChI is InChI=1S/C13H20N4S/c1-10(9-17-5-4-15-11(17)2)6-14-7-13-8-16-12(3)18-13/h4-5,8,10,14H,6-7,9H2,1-3H3. The van der Waals surface area contributed by atoms with E-state index >= 15 is 0 Å². The van der Waals surface area contributed by atoms with Crippen molar-refractivity contribution in [1.29, 1.82) is 0 Å². The molecule has 2 aromatic rings. The Morgan fingerprint density at radius 2 is 2.22 bits per heavy atom. The van der Waals surface area contributed by atoms with Crippen LogP contribution in [-0.2, 0) is 13.1 Å². The van der Waals surface area contributed by atoms with Gasteiger partial charge in [0.25, 0.3) is 0 Å². The molecule has 4 nitrogen and oxygen atoms in total. The number of hydrogen-bond acceptors (Lipinski definition) is 4. The maximum atomic E-state index is 4.25. The average Bonchev–Trinajstić information content (AvgIpc) is 2.89. The van der Waals surface area contributed by atoms with Crippen LogP contribution in [0, 0.1) is 19.8 Å². The summed E-state index contributed by atoms with van der Waals surface area (Å²) in [5, 5.41) is 4.62. The van der Waals surface area contributed by atoms with E-state index in [1.165, 1.54) is 4.88 Å². The Morgan fingerprint density at radius 3 is 2.83 bits per heavy atom. The van der Waals surface area contributed by atoms with Crippen molar-refractivity contribution in [2.24, 2.45) is 5.92 Å². The molecule has 2 rings (SSSR count). The van der Waals surface area contributed by atoms with Gasteiger partial charge in [-0.1, -0.05) is 6.92 Å². The maximum Gasteiger partial charge on any atom is 0.105 e. The number of thiazole rings is 1. The minimum Gasteiger partial charge on any atom is -0.335 e. The smallest absolute Gasteiger partial charge is 0.105 e. The molecule has 0 saturated carbocycles. The van der Waals surface area contributed by atoms with Crippen LogP contribution in [0.15, 0.2) is 18.6 Å². The summed E-state index contributed by atoms with van der Waals surface area (Å²) in [7, 11) is 0. The first-order chi connectivity index (χ1) is 8.65. The molecule has 0 aliphatic heterocycles. The van der Waals surface area contributed by atoms with Crippen LogP contribution >= 0.6 is 11.3 Å². The van der Waals surface area contributed by atoms with E-state index in [-0.39, 0.29) is 0 Å². The lowest BCUT2D eigenvalue weighted by molar-refractivity contribution is 0.441. The molecule has 0 radical (unpaired) electrons. The summed E-state index contributed by atoms with van der Waals surface area (Å²) in [6.07, 6.45) is 5.85. The monoisotopic (exact) mass is 264 g/mol. The fourth-order valence-corrected chi connectivity index (χ4v) is 2.69. The van der Waals surface area contributed by atoms with Crippen LogP contribution in [-0.4, -0.2) is 21.1 Å². The third-order valence-electron chi connectivity index (χ3n) is 2.89. The first kappa shape index (κ1) is 13.2. The quantitative estimate of drug-likeness (QED) is 0.871. The second kappa shape index (κ2) is 6.11. The lowest BCUT2D eigenvalue weighted by Crippen LogP contribution is -2.23. The van der Waals surface area contributed by atoms with Gasteiger partial charge in [0.15, 0.2) is 0 Å². The van der Waals surface area contributed by atoms with E-state index in [9.17, 15) is 0 Å². The fraction of sp³-hybridized carbons (Fsp3) is 0.538. The van der Waals surface area contributed by atoms with Crippen LogP contribution in [0.5, 0.6) is 0 Å². The van der Waals surface area contributed by atoms with Gasteiger partial charge in [-0.2, -0.15) is 0 Å². The van der Waals surface area contributed by atoms with Gasteiger partial charge in [-0.3, -0.25) is 0 Å². The minimum atomic E-state index is 0.590. The van der Waals surface area contributed by atoms with E-state index in [1.807, 2.05) is 32.4 Å². The molecule has 1 N–H and O–H groups in total. The molecular formula is C13H20N4S. The van der Waals surface area contributed by atoms with Crippen LogP contribution in [0.25, 0.3) is 0 Å². The summed E-state index contributed by atoms with van der Waals surface area (Å²) in [6, 6.07) is 0. The summed E-state index contributed by atoms with van der Waals surface area (Å²) in [4.78, 5) is 9.79. The van der Waals surface area contributed by atoms with Crippen molar-refractivity contribution in [2.45, 2.75) is 33.9 Å². The van der Waals surface area contributed by atoms with Gasteiger partial charge in [0, 0.05) is 36.6 Å². The molecule has 5 heteroatoms. The first-order valence-corrected chi connectivity index (χ1v) is 7.06. The van der Waals surface area contributed by atoms with Gasteiger partial charge >= 0.3 is 0 Å². The average molecular weight is 264 g/mol. The SMILES string of the molecule is Cc1ncc(CNCC(C)Cn2ccnc2C)s1. The molecule has 0 bridgehead atoms. The Hall–Kier alpha value is -1.20. The molecule has 0 fully saturated rings. The first-order valence-electron chi connectivity index (χ1n) is 6.25. The van der Waals surface area contributed by atoms with Gasteiger partial charge in [-0.15, -0.1) is 11.3 Å². The third-order valence-corrected chi connectivity index (χ3v) is 3.81. The van der Waals surface area contributed by atoms with E-state index in [2.05, 4.69) is 26.8 Å². The highest BCUT2D eigenvalue weighted by Gasteiger charge is 2.05. The number of nitrogens with one attached hydrogen (secondary N) is 1. The lowest BCUT2D eigenvalue weighted by atomic mass is 10.2. The highest BCUT2D eigenvalue weighted by Crippen LogP contribution is 2.11. The van der Waals surface area contributed by atoms with Crippen molar-refractivity contribution in [3.63, 3.8) is 0 Å². The van der Waals surface area contributed by atoms with Gasteiger partial charge in [0.1, 0.15) is 5.82 Å². The molecule has 0 spiro atoms. The molecule has 2 aromatic heterocycles. The Balaban J connectivity index is 1.72. The lowest BCUT2D eigenvalue weighted by Gasteiger charge is -2.13. The normalized spacial score (nSPS) is 12.8. The summed E-state index contributed by atoms with van der Waals surface area (Å²) in [5.74, 6) is 1.67. The van der Waals surface area contributed by atoms with Crippen molar-refractivity contribution < 1.29 is 0 Å². The Morgan fingerprint density at radius 1 is 1.39 bits per heavy atom. The molecule has 0 aromatic carbocycles. The predicted molar refractivity (Wildman–Crippen MR) is 74.7 cm³/mol. The summed E-state index contributed by atoms with van der Waals surface area (Å²) in [5.41, 5.74) is 0. The zero-order valence-corrected chi connectivity index (χ0v) is 12.0.